The molecule has 2 N–H and O–H groups in total. The molecule has 15 heavy (non-hydrogen) atoms. The van der Waals surface area contributed by atoms with Gasteiger partial charge in [-0.1, -0.05) is 0 Å². The zero-order valence-corrected chi connectivity index (χ0v) is 8.92. The third kappa shape index (κ3) is 2.21. The van der Waals surface area contributed by atoms with Crippen LogP contribution in [0.1, 0.15) is 0 Å². The Balaban J connectivity index is 1.99. The molecule has 0 aromatic heterocycles. The summed E-state index contributed by atoms with van der Waals surface area (Å²) in [5.74, 6) is 0. The lowest BCUT2D eigenvalue weighted by Gasteiger charge is -2.17. The van der Waals surface area contributed by atoms with Crippen LogP contribution in [0.25, 0.3) is 0 Å². The zero-order valence-electron chi connectivity index (χ0n) is 8.11. The summed E-state index contributed by atoms with van der Waals surface area (Å²) in [4.78, 5) is 4.65. The van der Waals surface area contributed by atoms with E-state index in [4.69, 9.17) is 19.9 Å². The Labute approximate surface area is 88.8 Å². The number of rotatable bonds is 3. The molecule has 2 aliphatic heterocycles. The number of fused-ring (bicyclic) bond motifs is 1. The van der Waals surface area contributed by atoms with Gasteiger partial charge in [0.2, 0.25) is 0 Å². The molecule has 0 amide bonds. The molecule has 7 nitrogen and oxygen atoms in total. The van der Waals surface area contributed by atoms with E-state index in [1.54, 1.807) is 6.26 Å². The highest BCUT2D eigenvalue weighted by atomic mass is 32.2. The van der Waals surface area contributed by atoms with Crippen LogP contribution in [0.15, 0.2) is 0 Å². The summed E-state index contributed by atoms with van der Waals surface area (Å²) in [6.07, 6.45) is 0.346. The van der Waals surface area contributed by atoms with Crippen molar-refractivity contribution in [2.75, 3.05) is 19.5 Å². The minimum atomic E-state index is -1.02. The Morgan fingerprint density at radius 1 is 1.33 bits per heavy atom. The normalized spacial score (nSPS) is 42.1. The summed E-state index contributed by atoms with van der Waals surface area (Å²) in [6.45, 7) is 0.538. The zero-order chi connectivity index (χ0) is 11.0. The standard InChI is InChI=1S/C7H13NO6S/c1-15(11)5-3-13-6-4(14-8(9)10)2-12-7(5)6/h4-7,9-10H,2-3H2,1H3/t4-,5+,6-,7-,15+/m1/s1. The van der Waals surface area contributed by atoms with E-state index >= 15 is 0 Å². The fraction of sp³-hybridized carbons (Fsp3) is 1.00. The Kier molecular flexibility index (Phi) is 3.36. The molecule has 88 valence electrons. The van der Waals surface area contributed by atoms with Crippen molar-refractivity contribution < 1.29 is 28.9 Å². The molecular formula is C7H13NO6S. The molecule has 8 heteroatoms. The smallest absolute Gasteiger partial charge is 0.136 e. The molecule has 2 rings (SSSR count). The first kappa shape index (κ1) is 11.4. The second kappa shape index (κ2) is 4.42. The largest absolute Gasteiger partial charge is 0.371 e. The summed E-state index contributed by atoms with van der Waals surface area (Å²) in [7, 11) is -1.02. The van der Waals surface area contributed by atoms with Gasteiger partial charge in [-0.15, -0.1) is 0 Å². The van der Waals surface area contributed by atoms with Gasteiger partial charge in [-0.25, -0.2) is 4.84 Å². The van der Waals surface area contributed by atoms with Gasteiger partial charge in [0.25, 0.3) is 0 Å². The Morgan fingerprint density at radius 2 is 2.00 bits per heavy atom. The summed E-state index contributed by atoms with van der Waals surface area (Å²) < 4.78 is 22.1. The number of hydrogen-bond donors (Lipinski definition) is 2. The molecule has 0 saturated carbocycles. The second-order valence-electron chi connectivity index (χ2n) is 3.53. The highest BCUT2D eigenvalue weighted by Gasteiger charge is 2.50. The molecule has 0 bridgehead atoms. The van der Waals surface area contributed by atoms with Crippen molar-refractivity contribution in [3.8, 4) is 0 Å². The maximum Gasteiger partial charge on any atom is 0.136 e. The number of ether oxygens (including phenoxy) is 2. The van der Waals surface area contributed by atoms with Crippen molar-refractivity contribution in [2.45, 2.75) is 23.6 Å². The average molecular weight is 239 g/mol. The van der Waals surface area contributed by atoms with E-state index < -0.39 is 16.9 Å². The van der Waals surface area contributed by atoms with E-state index in [0.29, 0.717) is 6.61 Å². The predicted molar refractivity (Wildman–Crippen MR) is 47.6 cm³/mol. The van der Waals surface area contributed by atoms with Crippen LogP contribution in [0, 0.1) is 0 Å². The second-order valence-corrected chi connectivity index (χ2v) is 5.13. The maximum atomic E-state index is 11.3. The van der Waals surface area contributed by atoms with Crippen LogP contribution >= 0.6 is 0 Å². The van der Waals surface area contributed by atoms with Crippen molar-refractivity contribution in [3.05, 3.63) is 0 Å². The maximum absolute atomic E-state index is 11.3. The third-order valence-electron chi connectivity index (χ3n) is 2.62. The van der Waals surface area contributed by atoms with Crippen LogP contribution in [0.2, 0.25) is 0 Å². The van der Waals surface area contributed by atoms with Gasteiger partial charge < -0.3 is 9.47 Å². The molecule has 2 fully saturated rings. The lowest BCUT2D eigenvalue weighted by Crippen LogP contribution is -2.37. The minimum Gasteiger partial charge on any atom is -0.371 e. The van der Waals surface area contributed by atoms with E-state index in [-0.39, 0.29) is 29.5 Å². The summed E-state index contributed by atoms with van der Waals surface area (Å²) >= 11 is 0. The van der Waals surface area contributed by atoms with Crippen LogP contribution in [0.4, 0.5) is 0 Å². The van der Waals surface area contributed by atoms with Crippen LogP contribution in [-0.2, 0) is 25.1 Å². The molecular weight excluding hydrogens is 226 g/mol. The summed E-state index contributed by atoms with van der Waals surface area (Å²) in [5, 5.41) is 16.5. The molecule has 0 spiro atoms. The highest BCUT2D eigenvalue weighted by Crippen LogP contribution is 2.31. The van der Waals surface area contributed by atoms with Crippen molar-refractivity contribution in [3.63, 3.8) is 0 Å². The quantitative estimate of drug-likeness (QED) is 0.605. The van der Waals surface area contributed by atoms with Crippen LogP contribution in [0.5, 0.6) is 0 Å². The molecule has 2 aliphatic rings. The fourth-order valence-electron chi connectivity index (χ4n) is 1.93. The average Bonchev–Trinajstić information content (AvgIpc) is 2.66. The molecule has 0 radical (unpaired) electrons. The van der Waals surface area contributed by atoms with E-state index in [0.717, 1.165) is 0 Å². The SMILES string of the molecule is C[S@](=O)[C@H]1CO[C@H]2[C@@H]1OC[C@H]2ON(O)O. The topological polar surface area (TPSA) is 88.5 Å². The molecule has 2 heterocycles. The molecule has 0 aromatic carbocycles. The summed E-state index contributed by atoms with van der Waals surface area (Å²) in [6, 6.07) is 0. The van der Waals surface area contributed by atoms with E-state index in [1.165, 1.54) is 0 Å². The van der Waals surface area contributed by atoms with E-state index in [9.17, 15) is 4.21 Å². The van der Waals surface area contributed by atoms with Gasteiger partial charge in [-0.3, -0.25) is 14.6 Å². The Morgan fingerprint density at radius 3 is 2.60 bits per heavy atom. The van der Waals surface area contributed by atoms with Crippen LogP contribution in [0.3, 0.4) is 0 Å². The van der Waals surface area contributed by atoms with Crippen molar-refractivity contribution in [1.29, 1.82) is 0 Å². The van der Waals surface area contributed by atoms with Gasteiger partial charge in [-0.05, 0) is 0 Å². The fourth-order valence-corrected chi connectivity index (χ4v) is 2.81. The van der Waals surface area contributed by atoms with Crippen molar-refractivity contribution in [1.82, 2.24) is 5.39 Å². The Bertz CT molecular complexity index is 262. The lowest BCUT2D eigenvalue weighted by atomic mass is 10.1. The minimum absolute atomic E-state index is 0.172. The molecule has 0 aromatic rings. The molecule has 2 saturated heterocycles. The highest BCUT2D eigenvalue weighted by molar-refractivity contribution is 7.85. The first-order valence-electron chi connectivity index (χ1n) is 4.49. The lowest BCUT2D eigenvalue weighted by molar-refractivity contribution is -0.507. The van der Waals surface area contributed by atoms with Gasteiger partial charge in [-0.2, -0.15) is 0 Å². The number of nitrogens with zero attached hydrogens (tertiary/aromatic N) is 1. The molecule has 0 aliphatic carbocycles. The number of hydrogen-bond acceptors (Lipinski definition) is 7. The first-order chi connectivity index (χ1) is 7.09. The van der Waals surface area contributed by atoms with Crippen LogP contribution < -0.4 is 0 Å². The monoisotopic (exact) mass is 239 g/mol. The summed E-state index contributed by atoms with van der Waals surface area (Å²) in [5.41, 5.74) is 0. The molecule has 5 atom stereocenters. The molecule has 0 unspecified atom stereocenters. The van der Waals surface area contributed by atoms with E-state index in [2.05, 4.69) is 4.84 Å². The van der Waals surface area contributed by atoms with Gasteiger partial charge in [0.15, 0.2) is 0 Å². The Hall–Kier alpha value is -0.0900. The van der Waals surface area contributed by atoms with Crippen molar-refractivity contribution >= 4 is 10.8 Å². The van der Waals surface area contributed by atoms with Crippen molar-refractivity contribution in [2.24, 2.45) is 0 Å². The van der Waals surface area contributed by atoms with Gasteiger partial charge in [0, 0.05) is 17.1 Å². The predicted octanol–water partition coefficient (Wildman–Crippen LogP) is -1.09. The first-order valence-corrected chi connectivity index (χ1v) is 6.12. The van der Waals surface area contributed by atoms with Gasteiger partial charge in [0.1, 0.15) is 18.3 Å². The van der Waals surface area contributed by atoms with Crippen LogP contribution in [-0.4, -0.2) is 63.0 Å². The van der Waals surface area contributed by atoms with Gasteiger partial charge >= 0.3 is 0 Å². The van der Waals surface area contributed by atoms with E-state index in [1.807, 2.05) is 0 Å². The third-order valence-corrected chi connectivity index (χ3v) is 3.88. The van der Waals surface area contributed by atoms with Gasteiger partial charge in [0.05, 0.1) is 23.9 Å².